The summed E-state index contributed by atoms with van der Waals surface area (Å²) in [4.78, 5) is 58.1. The zero-order valence-corrected chi connectivity index (χ0v) is 55.0. The molecule has 0 atom stereocenters. The van der Waals surface area contributed by atoms with Gasteiger partial charge in [-0.15, -0.1) is 0 Å². The van der Waals surface area contributed by atoms with Crippen LogP contribution in [-0.2, 0) is 14.3 Å². The fourth-order valence-electron chi connectivity index (χ4n) is 14.6. The van der Waals surface area contributed by atoms with Crippen LogP contribution in [0, 0.1) is 41.5 Å². The molecule has 0 bridgehead atoms. The van der Waals surface area contributed by atoms with Crippen LogP contribution in [-0.4, -0.2) is 186 Å². The van der Waals surface area contributed by atoms with E-state index in [9.17, 15) is 9.59 Å². The summed E-state index contributed by atoms with van der Waals surface area (Å²) in [5.74, 6) is 6.04. The Morgan fingerprint density at radius 2 is 0.969 bits per heavy atom. The highest BCUT2D eigenvalue weighted by atomic mass is 16.6. The number of aromatic amines is 2. The maximum absolute atomic E-state index is 14.0. The quantitative estimate of drug-likeness (QED) is 0.114. The number of ether oxygens (including phenoxy) is 9. The van der Waals surface area contributed by atoms with Crippen molar-refractivity contribution in [1.82, 2.24) is 54.9 Å². The lowest BCUT2D eigenvalue weighted by molar-refractivity contribution is -0.120. The molecule has 10 aromatic rings. The smallest absolute Gasteiger partial charge is 0.298 e. The number of benzene rings is 4. The maximum atomic E-state index is 14.0. The van der Waals surface area contributed by atoms with Crippen LogP contribution in [0.15, 0.2) is 57.6 Å². The first-order valence-electron chi connectivity index (χ1n) is 32.9. The van der Waals surface area contributed by atoms with Crippen LogP contribution in [0.2, 0.25) is 0 Å². The van der Waals surface area contributed by atoms with E-state index < -0.39 is 0 Å². The molecule has 24 nitrogen and oxygen atoms in total. The van der Waals surface area contributed by atoms with Gasteiger partial charge in [0.25, 0.3) is 12.4 Å². The second kappa shape index (κ2) is 29.2. The normalized spacial score (nSPS) is 16.8. The van der Waals surface area contributed by atoms with Crippen molar-refractivity contribution < 1.29 is 61.3 Å². The van der Waals surface area contributed by atoms with Gasteiger partial charge in [-0.3, -0.25) is 19.4 Å². The molecular weight excluding hydrogens is 1240 g/mol. The highest BCUT2D eigenvalue weighted by Gasteiger charge is 2.34. The van der Waals surface area contributed by atoms with E-state index in [4.69, 9.17) is 66.6 Å². The number of likely N-dealkylation sites (tertiary alicyclic amines) is 1. The summed E-state index contributed by atoms with van der Waals surface area (Å²) in [5, 5.41) is 11.7. The average molecular weight is 1330 g/mol. The van der Waals surface area contributed by atoms with Crippen molar-refractivity contribution in [2.24, 2.45) is 0 Å². The molecule has 5 aliphatic heterocycles. The minimum atomic E-state index is -0.0357. The summed E-state index contributed by atoms with van der Waals surface area (Å²) in [6, 6.07) is 16.7. The van der Waals surface area contributed by atoms with Crippen molar-refractivity contribution in [3.63, 3.8) is 0 Å². The Morgan fingerprint density at radius 3 is 1.43 bits per heavy atom. The van der Waals surface area contributed by atoms with Crippen molar-refractivity contribution in [1.29, 1.82) is 0 Å². The molecule has 0 spiro atoms. The van der Waals surface area contributed by atoms with E-state index in [1.54, 1.807) is 20.3 Å². The van der Waals surface area contributed by atoms with Crippen LogP contribution in [0.3, 0.4) is 0 Å². The predicted molar refractivity (Wildman–Crippen MR) is 369 cm³/mol. The number of methoxy groups -OCH3 is 2. The summed E-state index contributed by atoms with van der Waals surface area (Å²) in [6.45, 7) is 22.2. The molecule has 4 aromatic carbocycles. The summed E-state index contributed by atoms with van der Waals surface area (Å²) >= 11 is 0. The zero-order chi connectivity index (χ0) is 65.4. The Morgan fingerprint density at radius 1 is 0.515 bits per heavy atom. The first kappa shape index (κ1) is 67.6. The van der Waals surface area contributed by atoms with E-state index in [0.29, 0.717) is 144 Å². The number of rotatable bonds is 11. The number of morpholine rings is 2. The highest BCUT2D eigenvalue weighted by Crippen LogP contribution is 2.50. The summed E-state index contributed by atoms with van der Waals surface area (Å²) in [5.41, 5.74) is 11.5. The highest BCUT2D eigenvalue weighted by molar-refractivity contribution is 6.16. The van der Waals surface area contributed by atoms with Crippen molar-refractivity contribution in [2.75, 3.05) is 106 Å². The Bertz CT molecular complexity index is 4460. The molecule has 16 rings (SSSR count). The maximum Gasteiger partial charge on any atom is 0.298 e. The first-order valence-corrected chi connectivity index (χ1v) is 32.9. The summed E-state index contributed by atoms with van der Waals surface area (Å²) < 4.78 is 62.8. The Labute approximate surface area is 563 Å². The van der Waals surface area contributed by atoms with E-state index in [-0.39, 0.29) is 26.5 Å². The molecule has 3 saturated heterocycles. The van der Waals surface area contributed by atoms with Gasteiger partial charge < -0.3 is 66.5 Å². The van der Waals surface area contributed by atoms with E-state index in [2.05, 4.69) is 35.1 Å². The molecule has 97 heavy (non-hydrogen) atoms. The Kier molecular flexibility index (Phi) is 20.3. The third-order valence-electron chi connectivity index (χ3n) is 19.1. The van der Waals surface area contributed by atoms with Crippen LogP contribution in [0.5, 0.6) is 40.2 Å². The minimum Gasteiger partial charge on any atom is -0.496 e. The van der Waals surface area contributed by atoms with Gasteiger partial charge >= 0.3 is 0 Å². The van der Waals surface area contributed by atoms with E-state index in [1.165, 1.54) is 45.2 Å². The lowest BCUT2D eigenvalue weighted by Gasteiger charge is -2.40. The monoisotopic (exact) mass is 1330 g/mol. The number of hydrogen-bond acceptors (Lipinski definition) is 21. The SMILES string of the molecule is C.C.C1CCC(N2CCOCC2)CC1.COc1cc2c(cc1-c1c(C)noc1C)[nH]c1nc(C)nc(-c3ccc(C(=O)N4CCC(N5CCOCC5)CC4)c4c3OCCO4)c12.COc1cc2c(cc1-c1c(C)noc1C)[nH]c1nc(C)nc(-c3ccc(OC=O)c4c3OCCO4)c12. The lowest BCUT2D eigenvalue weighted by Crippen LogP contribution is -2.50. The van der Waals surface area contributed by atoms with Crippen molar-refractivity contribution >= 4 is 56.3 Å². The van der Waals surface area contributed by atoms with Gasteiger partial charge in [0.05, 0.1) is 90.9 Å². The predicted octanol–water partition coefficient (Wildman–Crippen LogP) is 12.7. The lowest BCUT2D eigenvalue weighted by atomic mass is 9.94. The molecule has 24 heteroatoms. The largest absolute Gasteiger partial charge is 0.496 e. The van der Waals surface area contributed by atoms with E-state index in [1.807, 2.05) is 88.9 Å². The number of amides is 1. The van der Waals surface area contributed by atoms with Crippen molar-refractivity contribution in [3.8, 4) is 85.0 Å². The van der Waals surface area contributed by atoms with Gasteiger partial charge in [-0.1, -0.05) is 44.4 Å². The molecule has 512 valence electrons. The third-order valence-corrected chi connectivity index (χ3v) is 19.1. The first-order chi connectivity index (χ1) is 46.4. The molecule has 0 unspecified atom stereocenters. The molecule has 6 aromatic heterocycles. The van der Waals surface area contributed by atoms with E-state index in [0.717, 1.165) is 130 Å². The number of H-pyrrole nitrogens is 2. The second-order valence-electron chi connectivity index (χ2n) is 24.8. The van der Waals surface area contributed by atoms with Crippen LogP contribution in [0.25, 0.3) is 88.6 Å². The van der Waals surface area contributed by atoms with Crippen LogP contribution >= 0.6 is 0 Å². The molecule has 6 aliphatic rings. The molecular formula is C73H87N11O13. The number of nitrogens with one attached hydrogen (secondary N) is 2. The number of carbonyl (C=O) groups is 2. The fourth-order valence-corrected chi connectivity index (χ4v) is 14.6. The standard InChI is InChI=1S/C35H38N6O6.C26H22N4O6.C10H19NO.2CH4/c1-19-29(20(2)47-39-19)26-17-27-25(18-28(26)43-4)30-31(36-21(3)37-34(30)38-27)23-5-6-24(33-32(23)45-15-16-46-33)35(42)41-9-7-22(8-10-41)40-11-13-44-14-12-40;1-12-21(13(2)36-30-12)17-9-18-16(10-20(17)32-4)22-23(27-14(3)28-26(22)29-18)15-5-6-19(35-11-31)25-24(15)33-7-8-34-25;1-2-4-10(5-3-1)11-6-8-12-9-7-11;;/h5-6,17-18,22H,7-16H2,1-4H3,(H,36,37,38);5-6,9-11H,7-8H2,1-4H3,(H,27,28,29);10H,1-9H2;2*1H4. The van der Waals surface area contributed by atoms with Gasteiger partial charge in [0.2, 0.25) is 5.75 Å². The number of aromatic nitrogens is 8. The fraction of sp³-hybridized carbons (Fsp3) is 0.452. The number of fused-ring (bicyclic) bond motifs is 8. The van der Waals surface area contributed by atoms with Gasteiger partial charge in [0.1, 0.15) is 72.4 Å². The number of hydrogen-bond donors (Lipinski definition) is 2. The van der Waals surface area contributed by atoms with Crippen LogP contribution in [0.1, 0.15) is 105 Å². The van der Waals surface area contributed by atoms with Crippen molar-refractivity contribution in [2.45, 2.75) is 113 Å². The number of carbonyl (C=O) groups excluding carboxylic acids is 2. The summed E-state index contributed by atoms with van der Waals surface area (Å²) in [7, 11) is 3.29. The van der Waals surface area contributed by atoms with Gasteiger partial charge in [-0.25, -0.2) is 19.9 Å². The average Bonchev–Trinajstić information content (AvgIpc) is 1.73. The number of piperidine rings is 1. The number of aryl methyl sites for hydroxylation is 6. The molecule has 4 fully saturated rings. The molecule has 11 heterocycles. The topological polar surface area (TPSA) is 262 Å². The van der Waals surface area contributed by atoms with Gasteiger partial charge in [0.15, 0.2) is 23.0 Å². The Balaban J connectivity index is 0.000000158. The third kappa shape index (κ3) is 13.1. The van der Waals surface area contributed by atoms with Crippen molar-refractivity contribution in [3.05, 3.63) is 88.7 Å². The zero-order valence-electron chi connectivity index (χ0n) is 55.0. The van der Waals surface area contributed by atoms with Gasteiger partial charge in [0, 0.05) is 95.4 Å². The summed E-state index contributed by atoms with van der Waals surface area (Å²) in [6.07, 6.45) is 9.11. The molecule has 2 N–H and O–H groups in total. The van der Waals surface area contributed by atoms with Gasteiger partial charge in [-0.05, 0) is 116 Å². The molecule has 1 saturated carbocycles. The number of nitrogens with zero attached hydrogens (tertiary/aromatic N) is 9. The molecule has 1 aliphatic carbocycles. The van der Waals surface area contributed by atoms with Gasteiger partial charge in [-0.2, -0.15) is 0 Å². The minimum absolute atomic E-state index is 0. The molecule has 1 amide bonds. The van der Waals surface area contributed by atoms with Crippen LogP contribution < -0.4 is 33.2 Å². The van der Waals surface area contributed by atoms with E-state index >= 15 is 0 Å². The Hall–Kier alpha value is -9.36. The second-order valence-corrected chi connectivity index (χ2v) is 24.8. The molecule has 0 radical (unpaired) electrons. The van der Waals surface area contributed by atoms with Crippen LogP contribution in [0.4, 0.5) is 0 Å².